The molecule has 5 nitrogen and oxygen atoms in total. The highest BCUT2D eigenvalue weighted by molar-refractivity contribution is 9.10. The molecule has 4 aromatic carbocycles. The Morgan fingerprint density at radius 3 is 2.55 bits per heavy atom. The van der Waals surface area contributed by atoms with Crippen molar-refractivity contribution in [2.45, 2.75) is 44.6 Å². The molecule has 0 N–H and O–H groups in total. The SMILES string of the molecule is O=c1c2ccccc2nc(C2CCCCC2)n1N=Cc1cc(Br)ccc1OCc1cccc2ccccc12. The number of hydrogen-bond donors (Lipinski definition) is 0. The number of ether oxygens (including phenoxy) is 1. The van der Waals surface area contributed by atoms with Gasteiger partial charge >= 0.3 is 0 Å². The smallest absolute Gasteiger partial charge is 0.282 e. The first-order valence-corrected chi connectivity index (χ1v) is 13.9. The molecule has 0 spiro atoms. The summed E-state index contributed by atoms with van der Waals surface area (Å²) >= 11 is 3.58. The van der Waals surface area contributed by atoms with E-state index in [1.807, 2.05) is 54.6 Å². The van der Waals surface area contributed by atoms with E-state index in [0.29, 0.717) is 17.7 Å². The van der Waals surface area contributed by atoms with Gasteiger partial charge in [-0.1, -0.05) is 89.8 Å². The largest absolute Gasteiger partial charge is 0.488 e. The summed E-state index contributed by atoms with van der Waals surface area (Å²) in [6.45, 7) is 0.425. The summed E-state index contributed by atoms with van der Waals surface area (Å²) in [7, 11) is 0. The zero-order chi connectivity index (χ0) is 25.9. The average molecular weight is 566 g/mol. The minimum absolute atomic E-state index is 0.138. The van der Waals surface area contributed by atoms with Gasteiger partial charge in [0.15, 0.2) is 0 Å². The number of nitrogens with zero attached hydrogens (tertiary/aromatic N) is 3. The van der Waals surface area contributed by atoms with Gasteiger partial charge in [0.2, 0.25) is 0 Å². The Morgan fingerprint density at radius 2 is 1.68 bits per heavy atom. The minimum Gasteiger partial charge on any atom is -0.488 e. The molecule has 1 aromatic heterocycles. The zero-order valence-electron chi connectivity index (χ0n) is 21.0. The van der Waals surface area contributed by atoms with Crippen LogP contribution in [0.5, 0.6) is 5.75 Å². The van der Waals surface area contributed by atoms with Crippen LogP contribution < -0.4 is 10.3 Å². The van der Waals surface area contributed by atoms with Crippen LogP contribution in [-0.4, -0.2) is 15.9 Å². The molecule has 6 rings (SSSR count). The maximum absolute atomic E-state index is 13.6. The van der Waals surface area contributed by atoms with Gasteiger partial charge in [0.25, 0.3) is 5.56 Å². The predicted molar refractivity (Wildman–Crippen MR) is 157 cm³/mol. The first-order chi connectivity index (χ1) is 18.7. The number of hydrogen-bond acceptors (Lipinski definition) is 4. The standard InChI is InChI=1S/C32H28BrN3O2/c33-26-17-18-30(38-21-24-13-8-12-22-9-4-5-14-27(22)24)25(19-26)20-34-36-31(23-10-2-1-3-11-23)35-29-16-7-6-15-28(29)32(36)37/h4-9,12-20,23H,1-3,10-11,21H2. The van der Waals surface area contributed by atoms with Gasteiger partial charge in [-0.3, -0.25) is 4.79 Å². The molecular weight excluding hydrogens is 538 g/mol. The lowest BCUT2D eigenvalue weighted by Gasteiger charge is -2.22. The van der Waals surface area contributed by atoms with Crippen molar-refractivity contribution in [3.05, 3.63) is 117 Å². The number of fused-ring (bicyclic) bond motifs is 2. The molecule has 0 atom stereocenters. The molecule has 6 heteroatoms. The summed E-state index contributed by atoms with van der Waals surface area (Å²) in [6, 6.07) is 27.9. The summed E-state index contributed by atoms with van der Waals surface area (Å²) in [5.41, 5.74) is 2.49. The normalized spacial score (nSPS) is 14.4. The summed E-state index contributed by atoms with van der Waals surface area (Å²) in [5, 5.41) is 7.66. The Kier molecular flexibility index (Phi) is 7.06. The monoisotopic (exact) mass is 565 g/mol. The van der Waals surface area contributed by atoms with Crippen LogP contribution >= 0.6 is 15.9 Å². The topological polar surface area (TPSA) is 56.5 Å². The summed E-state index contributed by atoms with van der Waals surface area (Å²) in [4.78, 5) is 18.5. The van der Waals surface area contributed by atoms with Crippen LogP contribution in [0.1, 0.15) is 55.0 Å². The van der Waals surface area contributed by atoms with E-state index in [9.17, 15) is 4.79 Å². The van der Waals surface area contributed by atoms with Gasteiger partial charge in [-0.05, 0) is 59.5 Å². The highest BCUT2D eigenvalue weighted by Crippen LogP contribution is 2.32. The molecule has 0 bridgehead atoms. The maximum Gasteiger partial charge on any atom is 0.282 e. The van der Waals surface area contributed by atoms with E-state index in [0.717, 1.165) is 52.6 Å². The second-order valence-corrected chi connectivity index (χ2v) is 10.7. The number of rotatable bonds is 6. The molecule has 1 fully saturated rings. The van der Waals surface area contributed by atoms with Crippen molar-refractivity contribution in [1.82, 2.24) is 9.66 Å². The lowest BCUT2D eigenvalue weighted by Crippen LogP contribution is -2.25. The van der Waals surface area contributed by atoms with Gasteiger partial charge in [0.1, 0.15) is 18.2 Å². The van der Waals surface area contributed by atoms with E-state index < -0.39 is 0 Å². The van der Waals surface area contributed by atoms with Crippen LogP contribution in [0, 0.1) is 0 Å². The molecular formula is C32H28BrN3O2. The quantitative estimate of drug-likeness (QED) is 0.197. The molecule has 38 heavy (non-hydrogen) atoms. The molecule has 0 unspecified atom stereocenters. The van der Waals surface area contributed by atoms with E-state index >= 15 is 0 Å². The minimum atomic E-state index is -0.138. The van der Waals surface area contributed by atoms with Crippen LogP contribution in [0.25, 0.3) is 21.7 Å². The number of halogens is 1. The van der Waals surface area contributed by atoms with Crippen molar-refractivity contribution in [3.8, 4) is 5.75 Å². The van der Waals surface area contributed by atoms with E-state index in [4.69, 9.17) is 14.8 Å². The Labute approximate surface area is 229 Å². The molecule has 0 radical (unpaired) electrons. The van der Waals surface area contributed by atoms with Crippen molar-refractivity contribution in [2.75, 3.05) is 0 Å². The highest BCUT2D eigenvalue weighted by atomic mass is 79.9. The molecule has 190 valence electrons. The third-order valence-corrected chi connectivity index (χ3v) is 7.79. The lowest BCUT2D eigenvalue weighted by molar-refractivity contribution is 0.307. The summed E-state index contributed by atoms with van der Waals surface area (Å²) < 4.78 is 8.72. The molecule has 1 heterocycles. The number of para-hydroxylation sites is 1. The van der Waals surface area contributed by atoms with Crippen molar-refractivity contribution >= 4 is 43.8 Å². The Bertz CT molecular complexity index is 1700. The number of benzene rings is 4. The molecule has 0 aliphatic heterocycles. The van der Waals surface area contributed by atoms with Crippen LogP contribution in [0.2, 0.25) is 0 Å². The third-order valence-electron chi connectivity index (χ3n) is 7.30. The van der Waals surface area contributed by atoms with Gasteiger partial charge < -0.3 is 4.74 Å². The molecule has 0 saturated heterocycles. The predicted octanol–water partition coefficient (Wildman–Crippen LogP) is 7.82. The highest BCUT2D eigenvalue weighted by Gasteiger charge is 2.22. The average Bonchev–Trinajstić information content (AvgIpc) is 2.96. The second-order valence-electron chi connectivity index (χ2n) is 9.79. The van der Waals surface area contributed by atoms with Gasteiger partial charge in [0.05, 0.1) is 17.1 Å². The van der Waals surface area contributed by atoms with E-state index in [1.165, 1.54) is 21.9 Å². The van der Waals surface area contributed by atoms with Crippen molar-refractivity contribution < 1.29 is 4.74 Å². The fourth-order valence-corrected chi connectivity index (χ4v) is 5.70. The maximum atomic E-state index is 13.6. The molecule has 5 aromatic rings. The molecule has 0 amide bonds. The van der Waals surface area contributed by atoms with Crippen LogP contribution in [0.15, 0.2) is 99.3 Å². The van der Waals surface area contributed by atoms with Gasteiger partial charge in [0, 0.05) is 16.0 Å². The van der Waals surface area contributed by atoms with Crippen molar-refractivity contribution in [3.63, 3.8) is 0 Å². The van der Waals surface area contributed by atoms with E-state index in [2.05, 4.69) is 46.3 Å². The van der Waals surface area contributed by atoms with Gasteiger partial charge in [-0.2, -0.15) is 9.78 Å². The summed E-state index contributed by atoms with van der Waals surface area (Å²) in [6.07, 6.45) is 7.29. The van der Waals surface area contributed by atoms with Crippen LogP contribution in [-0.2, 0) is 6.61 Å². The lowest BCUT2D eigenvalue weighted by atomic mass is 9.88. The molecule has 1 aliphatic carbocycles. The van der Waals surface area contributed by atoms with Gasteiger partial charge in [-0.25, -0.2) is 4.98 Å². The Hall–Kier alpha value is -3.77. The van der Waals surface area contributed by atoms with Crippen LogP contribution in [0.3, 0.4) is 0 Å². The Balaban J connectivity index is 1.37. The van der Waals surface area contributed by atoms with Crippen LogP contribution in [0.4, 0.5) is 0 Å². The fourth-order valence-electron chi connectivity index (χ4n) is 5.32. The number of aromatic nitrogens is 2. The first-order valence-electron chi connectivity index (χ1n) is 13.1. The fraction of sp³-hybridized carbons (Fsp3) is 0.219. The van der Waals surface area contributed by atoms with E-state index in [-0.39, 0.29) is 11.5 Å². The first kappa shape index (κ1) is 24.6. The Morgan fingerprint density at radius 1 is 0.921 bits per heavy atom. The molecule has 1 aliphatic rings. The van der Waals surface area contributed by atoms with Crippen molar-refractivity contribution in [1.29, 1.82) is 0 Å². The summed E-state index contributed by atoms with van der Waals surface area (Å²) in [5.74, 6) is 1.67. The molecule has 1 saturated carbocycles. The third kappa shape index (κ3) is 5.01. The van der Waals surface area contributed by atoms with E-state index in [1.54, 1.807) is 6.21 Å². The van der Waals surface area contributed by atoms with Crippen molar-refractivity contribution in [2.24, 2.45) is 5.10 Å². The van der Waals surface area contributed by atoms with Gasteiger partial charge in [-0.15, -0.1) is 0 Å². The zero-order valence-corrected chi connectivity index (χ0v) is 22.6. The second kappa shape index (κ2) is 10.9.